The minimum absolute atomic E-state index is 0.0628. The lowest BCUT2D eigenvalue weighted by atomic mass is 10.1. The fourth-order valence-corrected chi connectivity index (χ4v) is 3.97. The normalized spacial score (nSPS) is 17.4. The number of aromatic nitrogens is 3. The largest absolute Gasteiger partial charge is 0.426 e. The highest BCUT2D eigenvalue weighted by Crippen LogP contribution is 2.28. The standard InChI is InChI=1S/C19H23N7O2S/c1-12-3-5-14(6-4-12)9-21-19(27)28-25-7-8-26(13(2)10-25)16-15-17(29-11-22-15)24-18(20)23-16/h3-6,11,13H,7-10H2,1-2H3,(H,21,27)(H2,20,23,24)/t13-/m0/s1. The predicted octanol–water partition coefficient (Wildman–Crippen LogP) is 2.33. The fourth-order valence-electron chi connectivity index (χ4n) is 3.31. The molecule has 9 nitrogen and oxygen atoms in total. The van der Waals surface area contributed by atoms with Crippen molar-refractivity contribution in [2.45, 2.75) is 26.4 Å². The first kappa shape index (κ1) is 19.3. The van der Waals surface area contributed by atoms with Crippen molar-refractivity contribution in [2.24, 2.45) is 0 Å². The molecule has 1 saturated heterocycles. The van der Waals surface area contributed by atoms with E-state index in [1.54, 1.807) is 10.6 Å². The Labute approximate surface area is 172 Å². The molecule has 2 aromatic heterocycles. The van der Waals surface area contributed by atoms with Gasteiger partial charge in [-0.1, -0.05) is 29.8 Å². The van der Waals surface area contributed by atoms with Crippen molar-refractivity contribution in [1.29, 1.82) is 0 Å². The smallest absolute Gasteiger partial charge is 0.368 e. The molecule has 0 spiro atoms. The van der Waals surface area contributed by atoms with Crippen LogP contribution in [0.15, 0.2) is 29.8 Å². The van der Waals surface area contributed by atoms with Gasteiger partial charge in [-0.15, -0.1) is 16.4 Å². The van der Waals surface area contributed by atoms with Crippen LogP contribution < -0.4 is 16.0 Å². The third-order valence-corrected chi connectivity index (χ3v) is 5.55. The van der Waals surface area contributed by atoms with Gasteiger partial charge in [-0.2, -0.15) is 4.98 Å². The van der Waals surface area contributed by atoms with Crippen molar-refractivity contribution in [2.75, 3.05) is 30.3 Å². The lowest BCUT2D eigenvalue weighted by molar-refractivity contribution is -0.109. The van der Waals surface area contributed by atoms with Crippen LogP contribution in [-0.2, 0) is 11.4 Å². The van der Waals surface area contributed by atoms with Crippen molar-refractivity contribution in [3.8, 4) is 0 Å². The molecule has 1 atom stereocenters. The number of fused-ring (bicyclic) bond motifs is 1. The van der Waals surface area contributed by atoms with Gasteiger partial charge in [0.25, 0.3) is 0 Å². The first-order chi connectivity index (χ1) is 14.0. The van der Waals surface area contributed by atoms with E-state index in [1.807, 2.05) is 31.2 Å². The summed E-state index contributed by atoms with van der Waals surface area (Å²) in [4.78, 5) is 33.5. The number of hydrogen-bond donors (Lipinski definition) is 2. The average Bonchev–Trinajstić information content (AvgIpc) is 3.15. The fraction of sp³-hybridized carbons (Fsp3) is 0.368. The number of thiazole rings is 1. The molecule has 1 aliphatic heterocycles. The molecule has 0 bridgehead atoms. The van der Waals surface area contributed by atoms with Gasteiger partial charge in [0.15, 0.2) is 10.6 Å². The molecule has 1 aromatic carbocycles. The highest BCUT2D eigenvalue weighted by molar-refractivity contribution is 7.16. The second kappa shape index (κ2) is 8.18. The Morgan fingerprint density at radius 1 is 1.31 bits per heavy atom. The number of benzene rings is 1. The Hall–Kier alpha value is -2.98. The number of hydroxylamine groups is 2. The monoisotopic (exact) mass is 413 g/mol. The SMILES string of the molecule is Cc1ccc(CNC(=O)ON2CCN(c3nc(N)nc4scnc34)[C@@H](C)C2)cc1. The molecule has 3 aromatic rings. The minimum atomic E-state index is -0.459. The van der Waals surface area contributed by atoms with E-state index < -0.39 is 6.09 Å². The number of hydrogen-bond acceptors (Lipinski definition) is 9. The van der Waals surface area contributed by atoms with Crippen molar-refractivity contribution in [1.82, 2.24) is 25.3 Å². The lowest BCUT2D eigenvalue weighted by Gasteiger charge is -2.39. The maximum absolute atomic E-state index is 12.2. The second-order valence-corrected chi connectivity index (χ2v) is 7.89. The maximum Gasteiger partial charge on any atom is 0.426 e. The Bertz CT molecular complexity index is 1010. The first-order valence-electron chi connectivity index (χ1n) is 9.39. The molecule has 3 heterocycles. The molecule has 0 aliphatic carbocycles. The van der Waals surface area contributed by atoms with Gasteiger partial charge >= 0.3 is 6.09 Å². The molecule has 10 heteroatoms. The summed E-state index contributed by atoms with van der Waals surface area (Å²) < 4.78 is 0. The summed E-state index contributed by atoms with van der Waals surface area (Å²) in [5.41, 5.74) is 10.6. The number of nitrogens with one attached hydrogen (secondary N) is 1. The molecule has 0 unspecified atom stereocenters. The highest BCUT2D eigenvalue weighted by Gasteiger charge is 2.29. The lowest BCUT2D eigenvalue weighted by Crippen LogP contribution is -2.53. The molecule has 4 rings (SSSR count). The molecule has 152 valence electrons. The van der Waals surface area contributed by atoms with E-state index in [2.05, 4.69) is 32.1 Å². The number of anilines is 2. The summed E-state index contributed by atoms with van der Waals surface area (Å²) in [6.45, 7) is 6.25. The number of rotatable bonds is 4. The second-order valence-electron chi connectivity index (χ2n) is 7.06. The van der Waals surface area contributed by atoms with E-state index >= 15 is 0 Å². The summed E-state index contributed by atoms with van der Waals surface area (Å²) in [7, 11) is 0. The van der Waals surface area contributed by atoms with Gasteiger partial charge in [0.05, 0.1) is 18.6 Å². The Kier molecular flexibility index (Phi) is 5.45. The molecular weight excluding hydrogens is 390 g/mol. The van der Waals surface area contributed by atoms with Gasteiger partial charge in [0.2, 0.25) is 5.95 Å². The molecule has 0 radical (unpaired) electrons. The summed E-state index contributed by atoms with van der Waals surface area (Å²) in [5.74, 6) is 0.961. The van der Waals surface area contributed by atoms with Crippen LogP contribution in [0, 0.1) is 6.92 Å². The minimum Gasteiger partial charge on any atom is -0.368 e. The highest BCUT2D eigenvalue weighted by atomic mass is 32.1. The van der Waals surface area contributed by atoms with Gasteiger partial charge in [0.1, 0.15) is 5.52 Å². The van der Waals surface area contributed by atoms with Crippen LogP contribution in [-0.4, -0.2) is 51.8 Å². The number of nitrogens with zero attached hydrogens (tertiary/aromatic N) is 5. The Morgan fingerprint density at radius 3 is 2.86 bits per heavy atom. The molecule has 1 fully saturated rings. The summed E-state index contributed by atoms with van der Waals surface area (Å²) >= 11 is 1.44. The molecule has 3 N–H and O–H groups in total. The number of aryl methyl sites for hydroxylation is 1. The van der Waals surface area contributed by atoms with E-state index in [4.69, 9.17) is 10.6 Å². The van der Waals surface area contributed by atoms with Crippen LogP contribution in [0.4, 0.5) is 16.6 Å². The van der Waals surface area contributed by atoms with E-state index in [-0.39, 0.29) is 12.0 Å². The van der Waals surface area contributed by atoms with Gasteiger partial charge < -0.3 is 20.8 Å². The zero-order chi connectivity index (χ0) is 20.4. The van der Waals surface area contributed by atoms with Crippen LogP contribution in [0.2, 0.25) is 0 Å². The zero-order valence-electron chi connectivity index (χ0n) is 16.3. The van der Waals surface area contributed by atoms with Crippen LogP contribution in [0.25, 0.3) is 10.3 Å². The van der Waals surface area contributed by atoms with Crippen LogP contribution in [0.5, 0.6) is 0 Å². The zero-order valence-corrected chi connectivity index (χ0v) is 17.1. The summed E-state index contributed by atoms with van der Waals surface area (Å²) in [6.07, 6.45) is -0.459. The first-order valence-corrected chi connectivity index (χ1v) is 10.3. The third-order valence-electron chi connectivity index (χ3n) is 4.83. The van der Waals surface area contributed by atoms with Crippen LogP contribution in [0.3, 0.4) is 0 Å². The summed E-state index contributed by atoms with van der Waals surface area (Å²) in [5, 5.41) is 4.46. The van der Waals surface area contributed by atoms with Crippen molar-refractivity contribution >= 4 is 39.5 Å². The number of carbonyl (C=O) groups excluding carboxylic acids is 1. The molecular formula is C19H23N7O2S. The van der Waals surface area contributed by atoms with Crippen LogP contribution >= 0.6 is 11.3 Å². The van der Waals surface area contributed by atoms with Crippen molar-refractivity contribution in [3.63, 3.8) is 0 Å². The molecule has 29 heavy (non-hydrogen) atoms. The van der Waals surface area contributed by atoms with E-state index in [1.165, 1.54) is 16.9 Å². The third kappa shape index (κ3) is 4.38. The topological polar surface area (TPSA) is 110 Å². The quantitative estimate of drug-likeness (QED) is 0.671. The van der Waals surface area contributed by atoms with E-state index in [0.29, 0.717) is 26.2 Å². The predicted molar refractivity (Wildman–Crippen MR) is 113 cm³/mol. The molecule has 1 aliphatic rings. The number of carbonyl (C=O) groups is 1. The van der Waals surface area contributed by atoms with Gasteiger partial charge in [-0.3, -0.25) is 0 Å². The maximum atomic E-state index is 12.2. The van der Waals surface area contributed by atoms with Crippen LogP contribution in [0.1, 0.15) is 18.1 Å². The number of piperazine rings is 1. The number of nitrogens with two attached hydrogens (primary N) is 1. The summed E-state index contributed by atoms with van der Waals surface area (Å²) in [6, 6.07) is 8.07. The average molecular weight is 414 g/mol. The Balaban J connectivity index is 1.34. The van der Waals surface area contributed by atoms with Crippen molar-refractivity contribution < 1.29 is 9.63 Å². The number of nitrogen functional groups attached to an aromatic ring is 1. The van der Waals surface area contributed by atoms with E-state index in [0.717, 1.165) is 21.7 Å². The number of amides is 1. The van der Waals surface area contributed by atoms with Crippen molar-refractivity contribution in [3.05, 3.63) is 40.9 Å². The van der Waals surface area contributed by atoms with Gasteiger partial charge in [-0.25, -0.2) is 14.8 Å². The molecule has 0 saturated carbocycles. The molecule has 1 amide bonds. The van der Waals surface area contributed by atoms with E-state index in [9.17, 15) is 4.79 Å². The Morgan fingerprint density at radius 2 is 2.10 bits per heavy atom. The van der Waals surface area contributed by atoms with Gasteiger partial charge in [0, 0.05) is 19.1 Å². The van der Waals surface area contributed by atoms with Gasteiger partial charge in [-0.05, 0) is 19.4 Å².